The van der Waals surface area contributed by atoms with Gasteiger partial charge in [0.15, 0.2) is 0 Å². The Labute approximate surface area is 113 Å². The van der Waals surface area contributed by atoms with Crippen LogP contribution >= 0.6 is 11.8 Å². The molecule has 1 aliphatic rings. The Morgan fingerprint density at radius 1 is 1.44 bits per heavy atom. The van der Waals surface area contributed by atoms with Crippen LogP contribution in [-0.4, -0.2) is 40.9 Å². The summed E-state index contributed by atoms with van der Waals surface area (Å²) in [6.07, 6.45) is 1.59. The predicted octanol–water partition coefficient (Wildman–Crippen LogP) is 1.63. The maximum Gasteiger partial charge on any atom is 0.247 e. The molecule has 1 rings (SSSR count). The fraction of sp³-hybridized carbons (Fsp3) is 0.692. The highest BCUT2D eigenvalue weighted by Gasteiger charge is 2.33. The van der Waals surface area contributed by atoms with Crippen LogP contribution in [0.1, 0.15) is 27.7 Å². The van der Waals surface area contributed by atoms with Gasteiger partial charge in [0, 0.05) is 18.4 Å². The van der Waals surface area contributed by atoms with Gasteiger partial charge in [-0.25, -0.2) is 0 Å². The summed E-state index contributed by atoms with van der Waals surface area (Å²) in [5.41, 5.74) is 0.957. The molecule has 0 spiro atoms. The zero-order valence-corrected chi connectivity index (χ0v) is 12.3. The lowest BCUT2D eigenvalue weighted by atomic mass is 10.2. The van der Waals surface area contributed by atoms with Gasteiger partial charge in [-0.3, -0.25) is 9.59 Å². The zero-order valence-electron chi connectivity index (χ0n) is 11.5. The molecule has 1 aliphatic heterocycles. The first-order valence-electron chi connectivity index (χ1n) is 6.22. The summed E-state index contributed by atoms with van der Waals surface area (Å²) in [6, 6.07) is -0.322. The summed E-state index contributed by atoms with van der Waals surface area (Å²) < 4.78 is 0. The molecule has 0 aromatic carbocycles. The first-order chi connectivity index (χ1) is 8.41. The molecule has 0 aromatic rings. The van der Waals surface area contributed by atoms with Crippen LogP contribution in [0.3, 0.4) is 0 Å². The third-order valence-electron chi connectivity index (χ3n) is 2.56. The van der Waals surface area contributed by atoms with E-state index < -0.39 is 0 Å². The standard InChI is InChI=1S/C13H22N2O2S/c1-9(2)5-12(16)15-8-18-7-11(15)13(17)14-6-10(3)4/h5,10-11H,6-8H2,1-4H3,(H,14,17). The third-order valence-corrected chi connectivity index (χ3v) is 3.58. The fourth-order valence-electron chi connectivity index (χ4n) is 1.63. The molecule has 18 heavy (non-hydrogen) atoms. The quantitative estimate of drug-likeness (QED) is 0.790. The Morgan fingerprint density at radius 2 is 2.11 bits per heavy atom. The Kier molecular flexibility index (Phi) is 5.72. The van der Waals surface area contributed by atoms with E-state index in [2.05, 4.69) is 19.2 Å². The highest BCUT2D eigenvalue weighted by atomic mass is 32.2. The second-order valence-electron chi connectivity index (χ2n) is 5.18. The average molecular weight is 270 g/mol. The number of hydrogen-bond donors (Lipinski definition) is 1. The van der Waals surface area contributed by atoms with Crippen molar-refractivity contribution in [3.8, 4) is 0 Å². The van der Waals surface area contributed by atoms with Crippen molar-refractivity contribution in [2.24, 2.45) is 5.92 Å². The minimum absolute atomic E-state index is 0.0378. The van der Waals surface area contributed by atoms with Crippen LogP contribution in [0.5, 0.6) is 0 Å². The molecule has 0 saturated carbocycles. The maximum absolute atomic E-state index is 12.0. The first-order valence-corrected chi connectivity index (χ1v) is 7.38. The fourth-order valence-corrected chi connectivity index (χ4v) is 2.79. The van der Waals surface area contributed by atoms with Gasteiger partial charge in [-0.15, -0.1) is 11.8 Å². The second-order valence-corrected chi connectivity index (χ2v) is 6.18. The van der Waals surface area contributed by atoms with Crippen LogP contribution in [0.25, 0.3) is 0 Å². The summed E-state index contributed by atoms with van der Waals surface area (Å²) in [5.74, 6) is 1.60. The van der Waals surface area contributed by atoms with Gasteiger partial charge >= 0.3 is 0 Å². The summed E-state index contributed by atoms with van der Waals surface area (Å²) in [7, 11) is 0. The molecule has 1 fully saturated rings. The van der Waals surface area contributed by atoms with Gasteiger partial charge in [0.1, 0.15) is 6.04 Å². The van der Waals surface area contributed by atoms with Crippen molar-refractivity contribution < 1.29 is 9.59 Å². The van der Waals surface area contributed by atoms with Gasteiger partial charge in [-0.05, 0) is 19.8 Å². The first kappa shape index (κ1) is 15.1. The van der Waals surface area contributed by atoms with Crippen molar-refractivity contribution in [3.05, 3.63) is 11.6 Å². The van der Waals surface area contributed by atoms with Crippen LogP contribution in [0, 0.1) is 5.92 Å². The summed E-state index contributed by atoms with van der Waals surface area (Å²) in [4.78, 5) is 25.6. The molecular formula is C13H22N2O2S. The second kappa shape index (κ2) is 6.83. The smallest absolute Gasteiger partial charge is 0.247 e. The summed E-state index contributed by atoms with van der Waals surface area (Å²) in [6.45, 7) is 8.53. The number of carbonyl (C=O) groups is 2. The summed E-state index contributed by atoms with van der Waals surface area (Å²) >= 11 is 1.62. The Morgan fingerprint density at radius 3 is 2.67 bits per heavy atom. The Balaban J connectivity index is 2.61. The molecular weight excluding hydrogens is 248 g/mol. The van der Waals surface area contributed by atoms with Crippen molar-refractivity contribution >= 4 is 23.6 Å². The monoisotopic (exact) mass is 270 g/mol. The van der Waals surface area contributed by atoms with Gasteiger partial charge < -0.3 is 10.2 Å². The van der Waals surface area contributed by atoms with Crippen molar-refractivity contribution in [3.63, 3.8) is 0 Å². The topological polar surface area (TPSA) is 49.4 Å². The molecule has 102 valence electrons. The number of rotatable bonds is 4. The maximum atomic E-state index is 12.0. The van der Waals surface area contributed by atoms with Gasteiger partial charge in [-0.2, -0.15) is 0 Å². The van der Waals surface area contributed by atoms with Crippen LogP contribution in [0.4, 0.5) is 0 Å². The number of nitrogens with one attached hydrogen (secondary N) is 1. The van der Waals surface area contributed by atoms with Crippen molar-refractivity contribution in [2.75, 3.05) is 18.2 Å². The highest BCUT2D eigenvalue weighted by Crippen LogP contribution is 2.21. The van der Waals surface area contributed by atoms with Gasteiger partial charge in [-0.1, -0.05) is 19.4 Å². The molecule has 1 N–H and O–H groups in total. The molecule has 0 aromatic heterocycles. The normalized spacial score (nSPS) is 18.9. The lowest BCUT2D eigenvalue weighted by molar-refractivity contribution is -0.134. The van der Waals surface area contributed by atoms with Gasteiger partial charge in [0.2, 0.25) is 11.8 Å². The molecule has 4 nitrogen and oxygen atoms in total. The lowest BCUT2D eigenvalue weighted by Crippen LogP contribution is -2.47. The highest BCUT2D eigenvalue weighted by molar-refractivity contribution is 7.99. The minimum Gasteiger partial charge on any atom is -0.354 e. The Hall–Kier alpha value is -0.970. The predicted molar refractivity (Wildman–Crippen MR) is 75.2 cm³/mol. The number of nitrogens with zero attached hydrogens (tertiary/aromatic N) is 1. The van der Waals surface area contributed by atoms with Crippen LogP contribution in [-0.2, 0) is 9.59 Å². The summed E-state index contributed by atoms with van der Waals surface area (Å²) in [5, 5.41) is 2.90. The number of thioether (sulfide) groups is 1. The molecule has 1 saturated heterocycles. The number of carbonyl (C=O) groups excluding carboxylic acids is 2. The molecule has 0 bridgehead atoms. The largest absolute Gasteiger partial charge is 0.354 e. The van der Waals surface area contributed by atoms with E-state index in [1.165, 1.54) is 0 Å². The van der Waals surface area contributed by atoms with E-state index in [4.69, 9.17) is 0 Å². The number of hydrogen-bond acceptors (Lipinski definition) is 3. The average Bonchev–Trinajstić information content (AvgIpc) is 2.73. The minimum atomic E-state index is -0.322. The van der Waals surface area contributed by atoms with E-state index in [0.29, 0.717) is 24.1 Å². The SMILES string of the molecule is CC(C)=CC(=O)N1CSCC1C(=O)NCC(C)C. The van der Waals surface area contributed by atoms with E-state index in [-0.39, 0.29) is 17.9 Å². The number of amides is 2. The Bertz CT molecular complexity index is 349. The molecule has 0 aliphatic carbocycles. The van der Waals surface area contributed by atoms with Crippen LogP contribution < -0.4 is 5.32 Å². The van der Waals surface area contributed by atoms with Crippen molar-refractivity contribution in [1.29, 1.82) is 0 Å². The third kappa shape index (κ3) is 4.37. The lowest BCUT2D eigenvalue weighted by Gasteiger charge is -2.22. The molecule has 1 heterocycles. The molecule has 5 heteroatoms. The van der Waals surface area contributed by atoms with Crippen LogP contribution in [0.15, 0.2) is 11.6 Å². The van der Waals surface area contributed by atoms with E-state index in [0.717, 1.165) is 5.57 Å². The van der Waals surface area contributed by atoms with E-state index >= 15 is 0 Å². The number of allylic oxidation sites excluding steroid dienone is 1. The molecule has 0 radical (unpaired) electrons. The van der Waals surface area contributed by atoms with E-state index in [1.807, 2.05) is 13.8 Å². The van der Waals surface area contributed by atoms with Crippen molar-refractivity contribution in [1.82, 2.24) is 10.2 Å². The molecule has 2 amide bonds. The van der Waals surface area contributed by atoms with Gasteiger partial charge in [0.05, 0.1) is 5.88 Å². The zero-order chi connectivity index (χ0) is 13.7. The van der Waals surface area contributed by atoms with E-state index in [9.17, 15) is 9.59 Å². The molecule has 1 atom stereocenters. The van der Waals surface area contributed by atoms with E-state index in [1.54, 1.807) is 22.7 Å². The van der Waals surface area contributed by atoms with Gasteiger partial charge in [0.25, 0.3) is 0 Å². The van der Waals surface area contributed by atoms with Crippen molar-refractivity contribution in [2.45, 2.75) is 33.7 Å². The van der Waals surface area contributed by atoms with Crippen LogP contribution in [0.2, 0.25) is 0 Å². The molecule has 1 unspecified atom stereocenters.